The van der Waals surface area contributed by atoms with Crippen LogP contribution in [0.2, 0.25) is 0 Å². The average molecular weight is 173 g/mol. The van der Waals surface area contributed by atoms with E-state index in [0.29, 0.717) is 12.6 Å². The summed E-state index contributed by atoms with van der Waals surface area (Å²) in [4.78, 5) is 0. The van der Waals surface area contributed by atoms with Crippen molar-refractivity contribution in [2.75, 3.05) is 13.2 Å². The predicted octanol–water partition coefficient (Wildman–Crippen LogP) is 1.02. The number of aliphatic hydroxyl groups excluding tert-OH is 1. The van der Waals surface area contributed by atoms with Crippen LogP contribution in [0, 0.1) is 0 Å². The molecule has 0 spiro atoms. The van der Waals surface area contributed by atoms with Crippen LogP contribution in [0.15, 0.2) is 12.2 Å². The Balaban J connectivity index is 2.13. The molecule has 3 heteroatoms. The molecule has 2 unspecified atom stereocenters. The monoisotopic (exact) mass is 173 g/mol. The quantitative estimate of drug-likeness (QED) is 0.622. The molecule has 0 bridgehead atoms. The fourth-order valence-electron chi connectivity index (χ4n) is 1.32. The molecule has 1 aliphatic rings. The van der Waals surface area contributed by atoms with Gasteiger partial charge in [0.2, 0.25) is 0 Å². The van der Waals surface area contributed by atoms with Crippen molar-refractivity contribution >= 4 is 0 Å². The van der Waals surface area contributed by atoms with E-state index in [9.17, 15) is 4.39 Å². The summed E-state index contributed by atoms with van der Waals surface area (Å²) < 4.78 is 11.8. The first-order valence-corrected chi connectivity index (χ1v) is 4.47. The summed E-state index contributed by atoms with van der Waals surface area (Å²) in [6.07, 6.45) is 6.79. The third-order valence-corrected chi connectivity index (χ3v) is 2.05. The summed E-state index contributed by atoms with van der Waals surface area (Å²) in [5.74, 6) is 0. The van der Waals surface area contributed by atoms with Crippen LogP contribution in [0.3, 0.4) is 0 Å². The Morgan fingerprint density at radius 2 is 2.50 bits per heavy atom. The second kappa shape index (κ2) is 5.27. The van der Waals surface area contributed by atoms with Gasteiger partial charge >= 0.3 is 0 Å². The molecule has 0 aliphatic heterocycles. The summed E-state index contributed by atoms with van der Waals surface area (Å²) in [5.41, 5.74) is 0. The van der Waals surface area contributed by atoms with E-state index >= 15 is 0 Å². The molecule has 0 saturated heterocycles. The van der Waals surface area contributed by atoms with Crippen molar-refractivity contribution in [2.45, 2.75) is 31.4 Å². The van der Waals surface area contributed by atoms with Gasteiger partial charge in [-0.3, -0.25) is 0 Å². The summed E-state index contributed by atoms with van der Waals surface area (Å²) in [7, 11) is 0. The molecule has 0 radical (unpaired) electrons. The SMILES string of the molecule is OC(CF)CNC1C=CCCC1. The van der Waals surface area contributed by atoms with Crippen LogP contribution in [0.25, 0.3) is 0 Å². The number of halogens is 1. The van der Waals surface area contributed by atoms with Crippen LogP contribution in [-0.2, 0) is 0 Å². The van der Waals surface area contributed by atoms with Crippen molar-refractivity contribution in [3.8, 4) is 0 Å². The maximum Gasteiger partial charge on any atom is 0.117 e. The highest BCUT2D eigenvalue weighted by Gasteiger charge is 2.09. The van der Waals surface area contributed by atoms with Crippen LogP contribution in [0.4, 0.5) is 4.39 Å². The van der Waals surface area contributed by atoms with E-state index in [0.717, 1.165) is 12.8 Å². The normalized spacial score (nSPS) is 25.7. The molecular weight excluding hydrogens is 157 g/mol. The van der Waals surface area contributed by atoms with Crippen LogP contribution < -0.4 is 5.32 Å². The summed E-state index contributed by atoms with van der Waals surface area (Å²) in [5, 5.41) is 12.0. The average Bonchev–Trinajstić information content (AvgIpc) is 2.16. The zero-order chi connectivity index (χ0) is 8.81. The highest BCUT2D eigenvalue weighted by Crippen LogP contribution is 2.09. The minimum Gasteiger partial charge on any atom is -0.389 e. The molecule has 0 heterocycles. The van der Waals surface area contributed by atoms with Crippen molar-refractivity contribution in [1.29, 1.82) is 0 Å². The second-order valence-electron chi connectivity index (χ2n) is 3.18. The Labute approximate surface area is 72.5 Å². The number of hydrogen-bond donors (Lipinski definition) is 2. The summed E-state index contributed by atoms with van der Waals surface area (Å²) in [6, 6.07) is 0.333. The highest BCUT2D eigenvalue weighted by atomic mass is 19.1. The van der Waals surface area contributed by atoms with Crippen LogP contribution in [0.1, 0.15) is 19.3 Å². The first-order valence-electron chi connectivity index (χ1n) is 4.47. The van der Waals surface area contributed by atoms with E-state index in [-0.39, 0.29) is 0 Å². The van der Waals surface area contributed by atoms with Gasteiger partial charge in [-0.2, -0.15) is 0 Å². The summed E-state index contributed by atoms with van der Waals surface area (Å²) >= 11 is 0. The Kier molecular flexibility index (Phi) is 4.25. The van der Waals surface area contributed by atoms with Gasteiger partial charge in [0.15, 0.2) is 0 Å². The van der Waals surface area contributed by atoms with Crippen molar-refractivity contribution < 1.29 is 9.50 Å². The molecular formula is C9H16FNO. The molecule has 12 heavy (non-hydrogen) atoms. The van der Waals surface area contributed by atoms with E-state index in [1.54, 1.807) is 0 Å². The van der Waals surface area contributed by atoms with Gasteiger partial charge in [-0.05, 0) is 19.3 Å². The van der Waals surface area contributed by atoms with Gasteiger partial charge in [-0.1, -0.05) is 12.2 Å². The molecule has 0 aromatic heterocycles. The van der Waals surface area contributed by atoms with Crippen LogP contribution in [-0.4, -0.2) is 30.5 Å². The van der Waals surface area contributed by atoms with Crippen molar-refractivity contribution in [2.24, 2.45) is 0 Å². The highest BCUT2D eigenvalue weighted by molar-refractivity contribution is 4.97. The lowest BCUT2D eigenvalue weighted by atomic mass is 10.0. The minimum absolute atomic E-state index is 0.333. The fourth-order valence-corrected chi connectivity index (χ4v) is 1.32. The van der Waals surface area contributed by atoms with Gasteiger partial charge in [0.25, 0.3) is 0 Å². The molecule has 0 saturated carbocycles. The molecule has 70 valence electrons. The third-order valence-electron chi connectivity index (χ3n) is 2.05. The van der Waals surface area contributed by atoms with Gasteiger partial charge in [0.1, 0.15) is 6.67 Å². The number of nitrogens with one attached hydrogen (secondary N) is 1. The third kappa shape index (κ3) is 3.32. The number of aliphatic hydroxyl groups is 1. The Morgan fingerprint density at radius 3 is 3.08 bits per heavy atom. The van der Waals surface area contributed by atoms with E-state index in [1.807, 2.05) is 0 Å². The van der Waals surface area contributed by atoms with Crippen LogP contribution >= 0.6 is 0 Å². The first kappa shape index (κ1) is 9.68. The lowest BCUT2D eigenvalue weighted by Crippen LogP contribution is -2.35. The maximum atomic E-state index is 11.8. The molecule has 0 aromatic rings. The zero-order valence-corrected chi connectivity index (χ0v) is 7.17. The Hall–Kier alpha value is -0.410. The number of allylic oxidation sites excluding steroid dienone is 1. The lowest BCUT2D eigenvalue weighted by Gasteiger charge is -2.18. The molecule has 1 rings (SSSR count). The molecule has 1 aliphatic carbocycles. The van der Waals surface area contributed by atoms with Crippen molar-refractivity contribution in [3.05, 3.63) is 12.2 Å². The first-order chi connectivity index (χ1) is 5.83. The lowest BCUT2D eigenvalue weighted by molar-refractivity contribution is 0.135. The second-order valence-corrected chi connectivity index (χ2v) is 3.18. The molecule has 2 N–H and O–H groups in total. The van der Waals surface area contributed by atoms with Gasteiger partial charge in [0.05, 0.1) is 6.10 Å². The van der Waals surface area contributed by atoms with Crippen molar-refractivity contribution in [1.82, 2.24) is 5.32 Å². The number of hydrogen-bond acceptors (Lipinski definition) is 2. The van der Waals surface area contributed by atoms with E-state index in [1.165, 1.54) is 6.42 Å². The van der Waals surface area contributed by atoms with Crippen LogP contribution in [0.5, 0.6) is 0 Å². The van der Waals surface area contributed by atoms with Gasteiger partial charge in [-0.25, -0.2) is 4.39 Å². The molecule has 2 nitrogen and oxygen atoms in total. The Bertz CT molecular complexity index is 149. The maximum absolute atomic E-state index is 11.8. The number of rotatable bonds is 4. The van der Waals surface area contributed by atoms with E-state index < -0.39 is 12.8 Å². The Morgan fingerprint density at radius 1 is 1.67 bits per heavy atom. The zero-order valence-electron chi connectivity index (χ0n) is 7.17. The fraction of sp³-hybridized carbons (Fsp3) is 0.778. The van der Waals surface area contributed by atoms with E-state index in [2.05, 4.69) is 17.5 Å². The van der Waals surface area contributed by atoms with E-state index in [4.69, 9.17) is 5.11 Å². The van der Waals surface area contributed by atoms with Gasteiger partial charge in [-0.15, -0.1) is 0 Å². The standard InChI is InChI=1S/C9H16FNO/c10-6-9(12)7-11-8-4-2-1-3-5-8/h2,4,8-9,11-12H,1,3,5-7H2. The molecule has 0 fully saturated rings. The predicted molar refractivity (Wildman–Crippen MR) is 46.8 cm³/mol. The summed E-state index contributed by atoms with van der Waals surface area (Å²) in [6.45, 7) is -0.311. The molecule has 0 amide bonds. The molecule has 0 aromatic carbocycles. The smallest absolute Gasteiger partial charge is 0.117 e. The number of alkyl halides is 1. The van der Waals surface area contributed by atoms with Crippen molar-refractivity contribution in [3.63, 3.8) is 0 Å². The largest absolute Gasteiger partial charge is 0.389 e. The molecule has 2 atom stereocenters. The van der Waals surface area contributed by atoms with Gasteiger partial charge < -0.3 is 10.4 Å². The van der Waals surface area contributed by atoms with Gasteiger partial charge in [0, 0.05) is 12.6 Å². The minimum atomic E-state index is -0.847. The topological polar surface area (TPSA) is 32.3 Å².